The number of hydrogen-bond acceptors (Lipinski definition) is 3. The van der Waals surface area contributed by atoms with Crippen molar-refractivity contribution in [2.75, 3.05) is 0 Å². The van der Waals surface area contributed by atoms with E-state index >= 15 is 35.1 Å². The molecule has 15 heteroatoms. The second-order valence-corrected chi connectivity index (χ2v) is 11.0. The highest BCUT2D eigenvalue weighted by molar-refractivity contribution is 6.01. The van der Waals surface area contributed by atoms with Gasteiger partial charge in [0.25, 0.3) is 0 Å². The van der Waals surface area contributed by atoms with Gasteiger partial charge < -0.3 is 19.9 Å². The van der Waals surface area contributed by atoms with Crippen LogP contribution in [0.1, 0.15) is 5.69 Å². The van der Waals surface area contributed by atoms with E-state index < -0.39 is 90.2 Å². The average molecular weight is 660 g/mol. The van der Waals surface area contributed by atoms with E-state index in [1.807, 2.05) is 0 Å². The van der Waals surface area contributed by atoms with Gasteiger partial charge in [0, 0.05) is 10.8 Å². The first-order valence-electron chi connectivity index (χ1n) is 14.1. The first-order valence-corrected chi connectivity index (χ1v) is 14.1. The van der Waals surface area contributed by atoms with Crippen LogP contribution in [0.25, 0.3) is 49.2 Å². The SMILES string of the molecule is Fc1ccc(F)c2c3[nH]c(c12)C=c1[nH]c(c2c(F)ccc(F)c12)=Nc1[nH]c(c2c(F)ccc(F)c12)N=c1[nH]c(c2c(F)ccc(F)c12)=N3. The zero-order chi connectivity index (χ0) is 33.2. The predicted octanol–water partition coefficient (Wildman–Crippen LogP) is 6.72. The molecule has 4 N–H and O–H groups in total. The lowest BCUT2D eigenvalue weighted by molar-refractivity contribution is 0.617. The third-order valence-corrected chi connectivity index (χ3v) is 8.31. The number of nitrogens with one attached hydrogen (secondary N) is 4. The van der Waals surface area contributed by atoms with E-state index in [2.05, 4.69) is 34.9 Å². The molecule has 48 heavy (non-hydrogen) atoms. The number of fused-ring (bicyclic) bond motifs is 20. The quantitative estimate of drug-likeness (QED) is 0.130. The van der Waals surface area contributed by atoms with Crippen LogP contribution in [0, 0.1) is 46.5 Å². The minimum Gasteiger partial charge on any atom is -0.339 e. The second kappa shape index (κ2) is 9.63. The van der Waals surface area contributed by atoms with Crippen molar-refractivity contribution in [2.45, 2.75) is 0 Å². The summed E-state index contributed by atoms with van der Waals surface area (Å²) in [7, 11) is 0. The van der Waals surface area contributed by atoms with Crippen molar-refractivity contribution < 1.29 is 35.1 Å². The molecule has 0 radical (unpaired) electrons. The van der Waals surface area contributed by atoms with Crippen molar-refractivity contribution >= 4 is 66.6 Å². The standard InChI is InChI=1S/C33H13F8N7/c34-10-1-3-12(36)22-20(10)18-9-19-21-11(35)2-4-13(37)23(21)29(43-19)45-31-25-15(39)6-8-17(41)27(25)33(47-31)48-32-26-16(40)7-5-14(38)24(26)30(46-32)44-28(22)42-18/h1-9H,(H4,42,43,44,45,46,47,48). The van der Waals surface area contributed by atoms with Crippen molar-refractivity contribution in [3.05, 3.63) is 123 Å². The lowest BCUT2D eigenvalue weighted by Gasteiger charge is -1.98. The zero-order valence-corrected chi connectivity index (χ0v) is 23.6. The number of halogens is 8. The Balaban J connectivity index is 1.58. The van der Waals surface area contributed by atoms with Crippen molar-refractivity contribution in [1.29, 1.82) is 0 Å². The summed E-state index contributed by atoms with van der Waals surface area (Å²) in [6, 6.07) is 6.64. The van der Waals surface area contributed by atoms with Crippen LogP contribution < -0.4 is 21.8 Å². The molecule has 0 spiro atoms. The fourth-order valence-electron chi connectivity index (χ4n) is 6.30. The summed E-state index contributed by atoms with van der Waals surface area (Å²) in [5.74, 6) is -8.77. The average Bonchev–Trinajstić information content (AvgIpc) is 3.80. The molecule has 9 rings (SSSR count). The highest BCUT2D eigenvalue weighted by Gasteiger charge is 2.23. The molecule has 5 heterocycles. The molecule has 4 aromatic carbocycles. The van der Waals surface area contributed by atoms with E-state index in [0.29, 0.717) is 0 Å². The Morgan fingerprint density at radius 3 is 1.15 bits per heavy atom. The molecule has 0 saturated carbocycles. The van der Waals surface area contributed by atoms with Gasteiger partial charge >= 0.3 is 0 Å². The third-order valence-electron chi connectivity index (χ3n) is 8.31. The predicted molar refractivity (Wildman–Crippen MR) is 158 cm³/mol. The van der Waals surface area contributed by atoms with Gasteiger partial charge in [0.1, 0.15) is 80.5 Å². The Bertz CT molecular complexity index is 2610. The number of benzene rings is 4. The summed E-state index contributed by atoms with van der Waals surface area (Å²) in [6.07, 6.45) is 1.16. The maximum Gasteiger partial charge on any atom is 0.145 e. The van der Waals surface area contributed by atoms with Crippen LogP contribution in [0.5, 0.6) is 0 Å². The number of nitrogens with zero attached hydrogens (tertiary/aromatic N) is 3. The van der Waals surface area contributed by atoms with E-state index in [4.69, 9.17) is 0 Å². The Morgan fingerprint density at radius 1 is 0.333 bits per heavy atom. The summed E-state index contributed by atoms with van der Waals surface area (Å²) >= 11 is 0. The molecular weight excluding hydrogens is 646 g/mol. The molecule has 1 aliphatic rings. The molecule has 236 valence electrons. The van der Waals surface area contributed by atoms with Crippen molar-refractivity contribution in [2.24, 2.45) is 15.0 Å². The van der Waals surface area contributed by atoms with Gasteiger partial charge in [-0.15, -0.1) is 0 Å². The fraction of sp³-hybridized carbons (Fsp3) is 0. The van der Waals surface area contributed by atoms with Crippen molar-refractivity contribution in [1.82, 2.24) is 19.9 Å². The molecule has 8 bridgehead atoms. The first-order chi connectivity index (χ1) is 23.1. The van der Waals surface area contributed by atoms with Gasteiger partial charge in [0.15, 0.2) is 0 Å². The van der Waals surface area contributed by atoms with E-state index in [1.165, 1.54) is 0 Å². The molecule has 0 unspecified atom stereocenters. The van der Waals surface area contributed by atoms with E-state index in [-0.39, 0.29) is 44.4 Å². The Hall–Kier alpha value is -6.25. The van der Waals surface area contributed by atoms with Gasteiger partial charge in [0.2, 0.25) is 0 Å². The second-order valence-electron chi connectivity index (χ2n) is 11.0. The number of H-pyrrole nitrogens is 4. The Morgan fingerprint density at radius 2 is 0.667 bits per heavy atom. The number of aromatic amines is 4. The normalized spacial score (nSPS) is 12.8. The number of aromatic nitrogens is 4. The van der Waals surface area contributed by atoms with E-state index in [1.54, 1.807) is 0 Å². The van der Waals surface area contributed by atoms with Crippen LogP contribution in [0.15, 0.2) is 63.5 Å². The number of hydrogen-bond donors (Lipinski definition) is 4. The van der Waals surface area contributed by atoms with E-state index in [0.717, 1.165) is 54.6 Å². The topological polar surface area (TPSA) is 100 Å². The summed E-state index contributed by atoms with van der Waals surface area (Å²) in [6.45, 7) is 0. The van der Waals surface area contributed by atoms with Crippen molar-refractivity contribution in [3.8, 4) is 0 Å². The minimum absolute atomic E-state index is 0.167. The smallest absolute Gasteiger partial charge is 0.145 e. The molecule has 0 saturated heterocycles. The van der Waals surface area contributed by atoms with E-state index in [9.17, 15) is 0 Å². The van der Waals surface area contributed by atoms with Gasteiger partial charge in [-0.25, -0.2) is 50.1 Å². The van der Waals surface area contributed by atoms with Crippen LogP contribution in [0.3, 0.4) is 0 Å². The maximum atomic E-state index is 15.4. The van der Waals surface area contributed by atoms with Crippen LogP contribution in [0.4, 0.5) is 52.6 Å². The molecule has 7 nitrogen and oxygen atoms in total. The molecular formula is C33H13F8N7. The zero-order valence-electron chi connectivity index (χ0n) is 23.6. The summed E-state index contributed by atoms with van der Waals surface area (Å²) in [5.41, 5.74) is -1.31. The lowest BCUT2D eigenvalue weighted by Crippen LogP contribution is -2.11. The van der Waals surface area contributed by atoms with Crippen molar-refractivity contribution in [3.63, 3.8) is 0 Å². The molecule has 0 amide bonds. The third kappa shape index (κ3) is 3.77. The highest BCUT2D eigenvalue weighted by atomic mass is 19.2. The molecule has 1 aliphatic heterocycles. The van der Waals surface area contributed by atoms with Crippen LogP contribution in [-0.4, -0.2) is 19.9 Å². The number of rotatable bonds is 0. The van der Waals surface area contributed by atoms with Gasteiger partial charge in [-0.2, -0.15) is 0 Å². The maximum absolute atomic E-state index is 15.4. The Labute approximate surface area is 259 Å². The largest absolute Gasteiger partial charge is 0.339 e. The molecule has 0 atom stereocenters. The molecule has 0 fully saturated rings. The minimum atomic E-state index is -0.974. The van der Waals surface area contributed by atoms with Crippen LogP contribution in [-0.2, 0) is 0 Å². The Kier molecular flexibility index (Phi) is 5.62. The van der Waals surface area contributed by atoms with Gasteiger partial charge in [0.05, 0.1) is 43.4 Å². The summed E-state index contributed by atoms with van der Waals surface area (Å²) in [5, 5.41) is -3.41. The van der Waals surface area contributed by atoms with Gasteiger partial charge in [-0.05, 0) is 54.6 Å². The van der Waals surface area contributed by atoms with Gasteiger partial charge in [-0.1, -0.05) is 0 Å². The summed E-state index contributed by atoms with van der Waals surface area (Å²) < 4.78 is 123. The first kappa shape index (κ1) is 28.0. The van der Waals surface area contributed by atoms with Crippen LogP contribution in [0.2, 0.25) is 0 Å². The monoisotopic (exact) mass is 659 g/mol. The van der Waals surface area contributed by atoms with Gasteiger partial charge in [-0.3, -0.25) is 0 Å². The molecule has 0 aliphatic carbocycles. The summed E-state index contributed by atoms with van der Waals surface area (Å²) in [4.78, 5) is 23.7. The fourth-order valence-corrected chi connectivity index (χ4v) is 6.30. The lowest BCUT2D eigenvalue weighted by atomic mass is 10.1. The highest BCUT2D eigenvalue weighted by Crippen LogP contribution is 2.38. The van der Waals surface area contributed by atoms with Crippen LogP contribution >= 0.6 is 0 Å². The molecule has 4 aromatic heterocycles. The molecule has 8 aromatic rings.